The number of allylic oxidation sites excluding steroid dienone is 5. The van der Waals surface area contributed by atoms with E-state index in [4.69, 9.17) is 5.11 Å². The molecule has 2 nitrogen and oxygen atoms in total. The molecule has 1 aliphatic carbocycles. The van der Waals surface area contributed by atoms with Crippen LogP contribution in [0.4, 0.5) is 0 Å². The van der Waals surface area contributed by atoms with Crippen LogP contribution < -0.4 is 0 Å². The molecule has 2 heteroatoms. The summed E-state index contributed by atoms with van der Waals surface area (Å²) in [6, 6.07) is 0. The van der Waals surface area contributed by atoms with E-state index >= 15 is 0 Å². The lowest BCUT2D eigenvalue weighted by Gasteiger charge is -2.02. The number of hydrogen-bond acceptors (Lipinski definition) is 2. The lowest BCUT2D eigenvalue weighted by atomic mass is 10.1. The molecular formula is C10H12O2. The van der Waals surface area contributed by atoms with Gasteiger partial charge in [-0.25, -0.2) is 0 Å². The monoisotopic (exact) mass is 164 g/mol. The number of rotatable bonds is 2. The molecule has 0 spiro atoms. The molecule has 0 saturated carbocycles. The van der Waals surface area contributed by atoms with Crippen LogP contribution in [0.25, 0.3) is 0 Å². The Morgan fingerprint density at radius 1 is 1.58 bits per heavy atom. The van der Waals surface area contributed by atoms with Gasteiger partial charge in [0.25, 0.3) is 0 Å². The van der Waals surface area contributed by atoms with Crippen molar-refractivity contribution in [3.8, 4) is 0 Å². The molecular weight excluding hydrogens is 152 g/mol. The second-order valence-corrected chi connectivity index (χ2v) is 2.73. The van der Waals surface area contributed by atoms with Gasteiger partial charge < -0.3 is 5.11 Å². The average molecular weight is 164 g/mol. The molecule has 1 N–H and O–H groups in total. The first-order chi connectivity index (χ1) is 5.72. The van der Waals surface area contributed by atoms with Crippen molar-refractivity contribution in [2.75, 3.05) is 0 Å². The summed E-state index contributed by atoms with van der Waals surface area (Å²) in [7, 11) is 0. The van der Waals surface area contributed by atoms with Gasteiger partial charge in [0.05, 0.1) is 0 Å². The number of carbonyl (C=O) groups excluding carboxylic acids is 1. The maximum absolute atomic E-state index is 11.2. The summed E-state index contributed by atoms with van der Waals surface area (Å²) < 4.78 is 0. The second kappa shape index (κ2) is 4.02. The molecule has 0 heterocycles. The molecule has 0 aromatic carbocycles. The molecule has 0 fully saturated rings. The third-order valence-corrected chi connectivity index (χ3v) is 1.65. The fraction of sp³-hybridized carbons (Fsp3) is 0.300. The molecule has 0 radical (unpaired) electrons. The molecule has 0 amide bonds. The first-order valence-electron chi connectivity index (χ1n) is 3.97. The quantitative estimate of drug-likeness (QED) is 0.669. The fourth-order valence-corrected chi connectivity index (χ4v) is 0.985. The lowest BCUT2D eigenvalue weighted by Crippen LogP contribution is -2.17. The van der Waals surface area contributed by atoms with E-state index in [-0.39, 0.29) is 5.78 Å². The van der Waals surface area contributed by atoms with Crippen LogP contribution >= 0.6 is 0 Å². The summed E-state index contributed by atoms with van der Waals surface area (Å²) in [5.74, 6) is -0.224. The van der Waals surface area contributed by atoms with Crippen molar-refractivity contribution in [2.45, 2.75) is 19.4 Å². The zero-order valence-electron chi connectivity index (χ0n) is 7.03. The first kappa shape index (κ1) is 8.94. The predicted molar refractivity (Wildman–Crippen MR) is 47.7 cm³/mol. The lowest BCUT2D eigenvalue weighted by molar-refractivity contribution is -0.122. The highest BCUT2D eigenvalue weighted by Gasteiger charge is 2.11. The van der Waals surface area contributed by atoms with E-state index in [1.807, 2.05) is 18.2 Å². The Morgan fingerprint density at radius 2 is 2.33 bits per heavy atom. The van der Waals surface area contributed by atoms with E-state index in [9.17, 15) is 4.79 Å². The average Bonchev–Trinajstić information content (AvgIpc) is 2.30. The normalized spacial score (nSPS) is 18.3. The minimum atomic E-state index is -0.910. The van der Waals surface area contributed by atoms with Gasteiger partial charge in [0.2, 0.25) is 0 Å². The van der Waals surface area contributed by atoms with Gasteiger partial charge in [-0.3, -0.25) is 4.79 Å². The van der Waals surface area contributed by atoms with Crippen molar-refractivity contribution in [2.24, 2.45) is 0 Å². The van der Waals surface area contributed by atoms with Crippen molar-refractivity contribution in [3.05, 3.63) is 36.0 Å². The third kappa shape index (κ3) is 2.17. The Balaban J connectivity index is 2.80. The van der Waals surface area contributed by atoms with Gasteiger partial charge in [0.1, 0.15) is 6.10 Å². The minimum Gasteiger partial charge on any atom is -0.385 e. The molecule has 12 heavy (non-hydrogen) atoms. The molecule has 1 aliphatic rings. The second-order valence-electron chi connectivity index (χ2n) is 2.73. The minimum absolute atomic E-state index is 0.224. The summed E-state index contributed by atoms with van der Waals surface area (Å²) in [4.78, 5) is 11.2. The Kier molecular flexibility index (Phi) is 3.00. The zero-order chi connectivity index (χ0) is 8.97. The SMILES string of the molecule is CC(O)C(=O)C1=CC=CCC=C1. The predicted octanol–water partition coefficient (Wildman–Crippen LogP) is 1.38. The van der Waals surface area contributed by atoms with Gasteiger partial charge in [-0.15, -0.1) is 0 Å². The van der Waals surface area contributed by atoms with E-state index in [2.05, 4.69) is 0 Å². The van der Waals surface area contributed by atoms with Crippen LogP contribution in [0.1, 0.15) is 13.3 Å². The van der Waals surface area contributed by atoms with Gasteiger partial charge in [-0.2, -0.15) is 0 Å². The Bertz CT molecular complexity index is 257. The Hall–Kier alpha value is -1.15. The number of aliphatic hydroxyl groups is 1. The summed E-state index contributed by atoms with van der Waals surface area (Å²) >= 11 is 0. The van der Waals surface area contributed by atoms with Gasteiger partial charge in [-0.05, 0) is 13.3 Å². The van der Waals surface area contributed by atoms with E-state index in [0.717, 1.165) is 6.42 Å². The molecule has 0 aromatic heterocycles. The largest absolute Gasteiger partial charge is 0.385 e. The van der Waals surface area contributed by atoms with Crippen LogP contribution in [0.3, 0.4) is 0 Å². The van der Waals surface area contributed by atoms with Crippen molar-refractivity contribution >= 4 is 5.78 Å². The molecule has 0 saturated heterocycles. The number of Topliss-reactive ketones (excluding diaryl/α,β-unsaturated/α-hetero) is 1. The summed E-state index contributed by atoms with van der Waals surface area (Å²) in [5.41, 5.74) is 0.568. The van der Waals surface area contributed by atoms with Crippen LogP contribution in [0.15, 0.2) is 36.0 Å². The van der Waals surface area contributed by atoms with E-state index in [1.54, 1.807) is 12.2 Å². The Labute approximate surface area is 71.9 Å². The summed E-state index contributed by atoms with van der Waals surface area (Å²) in [6.45, 7) is 1.48. The summed E-state index contributed by atoms with van der Waals surface area (Å²) in [6.07, 6.45) is 9.08. The van der Waals surface area contributed by atoms with Crippen LogP contribution in [0.5, 0.6) is 0 Å². The van der Waals surface area contributed by atoms with E-state index in [1.165, 1.54) is 6.92 Å². The van der Waals surface area contributed by atoms with Gasteiger partial charge in [-0.1, -0.05) is 30.4 Å². The van der Waals surface area contributed by atoms with Gasteiger partial charge in [0, 0.05) is 5.57 Å². The number of aliphatic hydroxyl groups excluding tert-OH is 1. The smallest absolute Gasteiger partial charge is 0.190 e. The Morgan fingerprint density at radius 3 is 3.00 bits per heavy atom. The molecule has 0 aliphatic heterocycles. The highest BCUT2D eigenvalue weighted by Crippen LogP contribution is 2.07. The van der Waals surface area contributed by atoms with Crippen LogP contribution in [0, 0.1) is 0 Å². The fourth-order valence-electron chi connectivity index (χ4n) is 0.985. The zero-order valence-corrected chi connectivity index (χ0v) is 7.03. The summed E-state index contributed by atoms with van der Waals surface area (Å²) in [5, 5.41) is 9.02. The maximum Gasteiger partial charge on any atom is 0.190 e. The molecule has 1 atom stereocenters. The van der Waals surface area contributed by atoms with Crippen LogP contribution in [-0.4, -0.2) is 17.0 Å². The van der Waals surface area contributed by atoms with Gasteiger partial charge >= 0.3 is 0 Å². The van der Waals surface area contributed by atoms with Crippen molar-refractivity contribution < 1.29 is 9.90 Å². The van der Waals surface area contributed by atoms with Gasteiger partial charge in [0.15, 0.2) is 5.78 Å². The first-order valence-corrected chi connectivity index (χ1v) is 3.97. The molecule has 0 aromatic rings. The molecule has 0 bridgehead atoms. The van der Waals surface area contributed by atoms with Crippen LogP contribution in [-0.2, 0) is 4.79 Å². The number of ketones is 1. The number of hydrogen-bond donors (Lipinski definition) is 1. The van der Waals surface area contributed by atoms with Crippen molar-refractivity contribution in [1.82, 2.24) is 0 Å². The van der Waals surface area contributed by atoms with Crippen molar-refractivity contribution in [1.29, 1.82) is 0 Å². The molecule has 64 valence electrons. The standard InChI is InChI=1S/C10H12O2/c1-8(11)10(12)9-6-4-2-3-5-7-9/h2,4-8,11H,3H2,1H3. The molecule has 1 unspecified atom stereocenters. The number of carbonyl (C=O) groups is 1. The maximum atomic E-state index is 11.2. The van der Waals surface area contributed by atoms with E-state index < -0.39 is 6.10 Å². The highest BCUT2D eigenvalue weighted by molar-refractivity contribution is 6.01. The topological polar surface area (TPSA) is 37.3 Å². The highest BCUT2D eigenvalue weighted by atomic mass is 16.3. The third-order valence-electron chi connectivity index (χ3n) is 1.65. The van der Waals surface area contributed by atoms with Crippen LogP contribution in [0.2, 0.25) is 0 Å². The molecule has 1 rings (SSSR count). The van der Waals surface area contributed by atoms with Crippen molar-refractivity contribution in [3.63, 3.8) is 0 Å². The van der Waals surface area contributed by atoms with E-state index in [0.29, 0.717) is 5.57 Å².